The molecule has 0 aliphatic rings. The molecular weight excluding hydrogens is 689 g/mol. The number of thiophene rings is 2. The van der Waals surface area contributed by atoms with Crippen LogP contribution in [0.4, 0.5) is 0 Å². The molecule has 12 aromatic rings. The fourth-order valence-electron chi connectivity index (χ4n) is 9.09. The Labute approximate surface area is 319 Å². The lowest BCUT2D eigenvalue weighted by atomic mass is 9.83. The second-order valence-corrected chi connectivity index (χ2v) is 16.5. The molecule has 2 heterocycles. The van der Waals surface area contributed by atoms with Crippen LogP contribution < -0.4 is 0 Å². The third-order valence-corrected chi connectivity index (χ3v) is 13.7. The van der Waals surface area contributed by atoms with Crippen LogP contribution in [0, 0.1) is 0 Å². The Kier molecular flexibility index (Phi) is 6.48. The molecule has 0 fully saturated rings. The average molecular weight is 719 g/mol. The predicted octanol–water partition coefficient (Wildman–Crippen LogP) is 16.0. The van der Waals surface area contributed by atoms with Gasteiger partial charge in [-0.25, -0.2) is 0 Å². The van der Waals surface area contributed by atoms with Crippen molar-refractivity contribution in [1.29, 1.82) is 0 Å². The zero-order valence-electron chi connectivity index (χ0n) is 29.1. The molecule has 0 bridgehead atoms. The fraction of sp³-hybridized carbons (Fsp3) is 0. The van der Waals surface area contributed by atoms with Crippen LogP contribution in [0.5, 0.6) is 0 Å². The topological polar surface area (TPSA) is 0 Å². The molecule has 2 heteroatoms. The van der Waals surface area contributed by atoms with Gasteiger partial charge in [0.1, 0.15) is 0 Å². The molecule has 0 atom stereocenters. The van der Waals surface area contributed by atoms with E-state index in [-0.39, 0.29) is 0 Å². The molecule has 0 spiro atoms. The molecule has 0 radical (unpaired) electrons. The summed E-state index contributed by atoms with van der Waals surface area (Å²) in [5, 5.41) is 15.7. The quantitative estimate of drug-likeness (QED) is 0.160. The smallest absolute Gasteiger partial charge is 0.0361 e. The molecule has 0 saturated heterocycles. The number of rotatable bonds is 3. The van der Waals surface area contributed by atoms with E-state index in [1.807, 2.05) is 22.7 Å². The van der Waals surface area contributed by atoms with Gasteiger partial charge in [-0.1, -0.05) is 152 Å². The van der Waals surface area contributed by atoms with Crippen LogP contribution in [0.15, 0.2) is 182 Å². The van der Waals surface area contributed by atoms with Crippen molar-refractivity contribution < 1.29 is 0 Å². The van der Waals surface area contributed by atoms with Crippen LogP contribution in [0.1, 0.15) is 0 Å². The Bertz CT molecular complexity index is 3430. The molecule has 12 rings (SSSR count). The highest BCUT2D eigenvalue weighted by molar-refractivity contribution is 7.26. The van der Waals surface area contributed by atoms with Gasteiger partial charge >= 0.3 is 0 Å². The fourth-order valence-corrected chi connectivity index (χ4v) is 11.4. The maximum absolute atomic E-state index is 2.45. The number of hydrogen-bond donors (Lipinski definition) is 0. The second kappa shape index (κ2) is 11.6. The molecule has 10 aromatic carbocycles. The normalized spacial score (nSPS) is 12.1. The summed E-state index contributed by atoms with van der Waals surface area (Å²) in [6, 6.07) is 67.8. The van der Waals surface area contributed by atoms with Gasteiger partial charge in [0.25, 0.3) is 0 Å². The van der Waals surface area contributed by atoms with Crippen LogP contribution in [-0.2, 0) is 0 Å². The third kappa shape index (κ3) is 4.36. The number of fused-ring (bicyclic) bond motifs is 11. The Morgan fingerprint density at radius 1 is 0.259 bits per heavy atom. The van der Waals surface area contributed by atoms with Crippen LogP contribution in [0.3, 0.4) is 0 Å². The minimum atomic E-state index is 1.24. The first kappa shape index (κ1) is 30.2. The van der Waals surface area contributed by atoms with Gasteiger partial charge in [0.15, 0.2) is 0 Å². The Morgan fingerprint density at radius 3 is 1.57 bits per heavy atom. The summed E-state index contributed by atoms with van der Waals surface area (Å²) in [4.78, 5) is 0. The first-order valence-electron chi connectivity index (χ1n) is 18.5. The first-order chi connectivity index (χ1) is 26.8. The molecule has 250 valence electrons. The van der Waals surface area contributed by atoms with E-state index in [9.17, 15) is 0 Å². The zero-order chi connectivity index (χ0) is 35.3. The highest BCUT2D eigenvalue weighted by Crippen LogP contribution is 2.48. The number of hydrogen-bond acceptors (Lipinski definition) is 2. The van der Waals surface area contributed by atoms with E-state index in [0.29, 0.717) is 0 Å². The SMILES string of the molecule is c1ccc(-c2ccc(-c3c4ccccc4c(-c4ccc5c(c4)sc4ccc6cc7sc8ccccc8c7cc6c45)c4ccccc34)c3ccccc23)cc1. The van der Waals surface area contributed by atoms with Gasteiger partial charge in [-0.05, 0) is 107 Å². The van der Waals surface area contributed by atoms with Crippen molar-refractivity contribution >= 4 is 106 Å². The van der Waals surface area contributed by atoms with Crippen LogP contribution >= 0.6 is 22.7 Å². The Morgan fingerprint density at radius 2 is 0.833 bits per heavy atom. The molecular formula is C52H30S2. The molecule has 0 nitrogen and oxygen atoms in total. The van der Waals surface area contributed by atoms with Crippen molar-refractivity contribution in [3.05, 3.63) is 182 Å². The first-order valence-corrected chi connectivity index (χ1v) is 20.1. The zero-order valence-corrected chi connectivity index (χ0v) is 30.8. The molecule has 2 aromatic heterocycles. The van der Waals surface area contributed by atoms with E-state index in [1.54, 1.807) is 0 Å². The molecule has 0 aliphatic carbocycles. The maximum atomic E-state index is 2.45. The number of benzene rings is 10. The van der Waals surface area contributed by atoms with Gasteiger partial charge in [0.2, 0.25) is 0 Å². The van der Waals surface area contributed by atoms with Crippen molar-refractivity contribution in [2.45, 2.75) is 0 Å². The van der Waals surface area contributed by atoms with E-state index >= 15 is 0 Å². The summed E-state index contributed by atoms with van der Waals surface area (Å²) < 4.78 is 5.36. The van der Waals surface area contributed by atoms with E-state index in [0.717, 1.165) is 0 Å². The summed E-state index contributed by atoms with van der Waals surface area (Å²) in [6.45, 7) is 0. The maximum Gasteiger partial charge on any atom is 0.0361 e. The van der Waals surface area contributed by atoms with Gasteiger partial charge < -0.3 is 0 Å². The van der Waals surface area contributed by atoms with Crippen molar-refractivity contribution in [1.82, 2.24) is 0 Å². The second-order valence-electron chi connectivity index (χ2n) is 14.3. The molecule has 0 N–H and O–H groups in total. The molecule has 0 aliphatic heterocycles. The molecule has 0 amide bonds. The molecule has 0 saturated carbocycles. The lowest BCUT2D eigenvalue weighted by Crippen LogP contribution is -1.92. The van der Waals surface area contributed by atoms with Gasteiger partial charge in [-0.15, -0.1) is 22.7 Å². The lowest BCUT2D eigenvalue weighted by molar-refractivity contribution is 1.64. The minimum Gasteiger partial charge on any atom is -0.135 e. The van der Waals surface area contributed by atoms with Crippen LogP contribution in [0.25, 0.3) is 117 Å². The highest BCUT2D eigenvalue weighted by atomic mass is 32.1. The van der Waals surface area contributed by atoms with Crippen molar-refractivity contribution in [3.63, 3.8) is 0 Å². The molecule has 0 unspecified atom stereocenters. The standard InChI is InChI=1S/C52H30S2/c1-2-12-31(13-3-1)34-25-26-42(36-15-5-4-14-35(34)36)51-40-19-8-6-17-38(40)50(39-18-7-9-20-41(39)51)33-22-24-43-48(29-33)54-47-27-23-32-28-49-45(30-44(32)52(43)47)37-16-10-11-21-46(37)53-49/h1-30H. The average Bonchev–Trinajstić information content (AvgIpc) is 3.79. The third-order valence-electron chi connectivity index (χ3n) is 11.4. The lowest BCUT2D eigenvalue weighted by Gasteiger charge is -2.19. The van der Waals surface area contributed by atoms with Gasteiger partial charge in [0, 0.05) is 40.3 Å². The minimum absolute atomic E-state index is 1.24. The summed E-state index contributed by atoms with van der Waals surface area (Å²) in [5.41, 5.74) is 7.62. The summed E-state index contributed by atoms with van der Waals surface area (Å²) in [6.07, 6.45) is 0. The Hall–Kier alpha value is -6.32. The van der Waals surface area contributed by atoms with Gasteiger partial charge in [-0.2, -0.15) is 0 Å². The van der Waals surface area contributed by atoms with E-state index in [1.165, 1.54) is 117 Å². The summed E-state index contributed by atoms with van der Waals surface area (Å²) in [7, 11) is 0. The summed E-state index contributed by atoms with van der Waals surface area (Å²) in [5.74, 6) is 0. The predicted molar refractivity (Wildman–Crippen MR) is 239 cm³/mol. The van der Waals surface area contributed by atoms with Crippen LogP contribution in [0.2, 0.25) is 0 Å². The van der Waals surface area contributed by atoms with E-state index in [2.05, 4.69) is 182 Å². The largest absolute Gasteiger partial charge is 0.135 e. The van der Waals surface area contributed by atoms with E-state index < -0.39 is 0 Å². The van der Waals surface area contributed by atoms with Crippen molar-refractivity contribution in [2.75, 3.05) is 0 Å². The van der Waals surface area contributed by atoms with Gasteiger partial charge in [0.05, 0.1) is 0 Å². The van der Waals surface area contributed by atoms with Crippen molar-refractivity contribution in [3.8, 4) is 33.4 Å². The highest BCUT2D eigenvalue weighted by Gasteiger charge is 2.20. The Balaban J connectivity index is 1.10. The monoisotopic (exact) mass is 718 g/mol. The van der Waals surface area contributed by atoms with Crippen molar-refractivity contribution in [2.24, 2.45) is 0 Å². The van der Waals surface area contributed by atoms with Gasteiger partial charge in [-0.3, -0.25) is 0 Å². The summed E-state index contributed by atoms with van der Waals surface area (Å²) >= 11 is 3.80. The van der Waals surface area contributed by atoms with E-state index in [4.69, 9.17) is 0 Å². The van der Waals surface area contributed by atoms with Crippen LogP contribution in [-0.4, -0.2) is 0 Å². The molecule has 54 heavy (non-hydrogen) atoms.